The molecule has 4 rings (SSSR count). The van der Waals surface area contributed by atoms with Crippen LogP contribution in [0.3, 0.4) is 0 Å². The summed E-state index contributed by atoms with van der Waals surface area (Å²) in [6, 6.07) is 12.8. The van der Waals surface area contributed by atoms with Gasteiger partial charge in [0.1, 0.15) is 21.8 Å². The molecule has 1 heterocycles. The zero-order chi connectivity index (χ0) is 25.2. The highest BCUT2D eigenvalue weighted by atomic mass is 32.2. The summed E-state index contributed by atoms with van der Waals surface area (Å²) in [7, 11) is -2.68. The summed E-state index contributed by atoms with van der Waals surface area (Å²) in [6.45, 7) is 3.80. The number of nitrogens with zero attached hydrogens (tertiary/aromatic N) is 3. The van der Waals surface area contributed by atoms with Gasteiger partial charge in [0.05, 0.1) is 18.8 Å². The van der Waals surface area contributed by atoms with Crippen LogP contribution < -0.4 is 9.46 Å². The Morgan fingerprint density at radius 1 is 1.26 bits per heavy atom. The highest BCUT2D eigenvalue weighted by Crippen LogP contribution is 2.40. The first-order valence-corrected chi connectivity index (χ1v) is 13.4. The van der Waals surface area contributed by atoms with Crippen LogP contribution in [0.5, 0.6) is 5.75 Å². The third-order valence-corrected chi connectivity index (χ3v) is 7.76. The minimum absolute atomic E-state index is 0.0463. The van der Waals surface area contributed by atoms with Crippen molar-refractivity contribution >= 4 is 27.3 Å². The van der Waals surface area contributed by atoms with Crippen molar-refractivity contribution in [3.63, 3.8) is 0 Å². The molecule has 2 aromatic carbocycles. The quantitative estimate of drug-likeness (QED) is 0.453. The van der Waals surface area contributed by atoms with Gasteiger partial charge in [0.25, 0.3) is 0 Å². The molecule has 0 fully saturated rings. The highest BCUT2D eigenvalue weighted by Gasteiger charge is 2.30. The number of methoxy groups -OCH3 is 1. The summed E-state index contributed by atoms with van der Waals surface area (Å²) >= 11 is 1.40. The summed E-state index contributed by atoms with van der Waals surface area (Å²) in [5.41, 5.74) is 3.94. The number of nitrogens with one attached hydrogen (secondary N) is 1. The van der Waals surface area contributed by atoms with Crippen molar-refractivity contribution in [3.05, 3.63) is 53.1 Å². The number of fused-ring (bicyclic) bond motifs is 1. The summed E-state index contributed by atoms with van der Waals surface area (Å²) < 4.78 is 37.5. The topological polar surface area (TPSA) is 131 Å². The van der Waals surface area contributed by atoms with E-state index in [1.54, 1.807) is 12.1 Å². The van der Waals surface area contributed by atoms with Gasteiger partial charge in [0.15, 0.2) is 5.75 Å². The molecule has 35 heavy (non-hydrogen) atoms. The average molecular weight is 513 g/mol. The Morgan fingerprint density at radius 2 is 2.03 bits per heavy atom. The summed E-state index contributed by atoms with van der Waals surface area (Å²) in [5, 5.41) is 19.6. The molecule has 0 saturated heterocycles. The maximum atomic E-state index is 12.4. The molecular formula is C24H24N4O5S2. The maximum Gasteiger partial charge on any atom is 0.322 e. The number of carbonyl (C=O) groups excluding carboxylic acids is 1. The lowest BCUT2D eigenvalue weighted by Gasteiger charge is -2.14. The van der Waals surface area contributed by atoms with Gasteiger partial charge in [-0.2, -0.15) is 5.26 Å². The molecule has 182 valence electrons. The van der Waals surface area contributed by atoms with Crippen molar-refractivity contribution in [1.29, 1.82) is 5.26 Å². The molecule has 0 aliphatic heterocycles. The molecule has 1 aromatic heterocycles. The summed E-state index contributed by atoms with van der Waals surface area (Å²) in [6.07, 6.45) is 1.18. The summed E-state index contributed by atoms with van der Waals surface area (Å²) in [5.74, 6) is -1.01. The van der Waals surface area contributed by atoms with E-state index in [4.69, 9.17) is 4.74 Å². The van der Waals surface area contributed by atoms with Crippen LogP contribution in [0.2, 0.25) is 0 Å². The number of sulfonamides is 1. The van der Waals surface area contributed by atoms with Gasteiger partial charge >= 0.3 is 5.97 Å². The van der Waals surface area contributed by atoms with E-state index >= 15 is 0 Å². The van der Waals surface area contributed by atoms with Crippen LogP contribution in [0.1, 0.15) is 43.0 Å². The van der Waals surface area contributed by atoms with E-state index in [2.05, 4.69) is 25.7 Å². The number of aromatic nitrogens is 2. The Balaban J connectivity index is 1.60. The predicted octanol–water partition coefficient (Wildman–Crippen LogP) is 3.61. The van der Waals surface area contributed by atoms with Gasteiger partial charge in [-0.25, -0.2) is 13.1 Å². The monoisotopic (exact) mass is 512 g/mol. The Morgan fingerprint density at radius 3 is 2.74 bits per heavy atom. The van der Waals surface area contributed by atoms with Gasteiger partial charge in [-0.1, -0.05) is 29.5 Å². The van der Waals surface area contributed by atoms with Crippen molar-refractivity contribution in [2.45, 2.75) is 38.8 Å². The lowest BCUT2D eigenvalue weighted by molar-refractivity contribution is -0.137. The fraction of sp³-hybridized carbons (Fsp3) is 0.333. The van der Waals surface area contributed by atoms with E-state index in [1.165, 1.54) is 11.3 Å². The number of esters is 1. The summed E-state index contributed by atoms with van der Waals surface area (Å²) in [4.78, 5) is 11.4. The van der Waals surface area contributed by atoms with Crippen molar-refractivity contribution in [2.75, 3.05) is 12.9 Å². The van der Waals surface area contributed by atoms with Gasteiger partial charge in [-0.05, 0) is 56.0 Å². The number of nitriles is 1. The first-order chi connectivity index (χ1) is 16.7. The second kappa shape index (κ2) is 10.1. The number of hydrogen-bond donors (Lipinski definition) is 1. The third-order valence-electron chi connectivity index (χ3n) is 5.49. The fourth-order valence-electron chi connectivity index (χ4n) is 4.01. The number of hydrogen-bond acceptors (Lipinski definition) is 9. The Hall–Kier alpha value is -3.33. The zero-order valence-corrected chi connectivity index (χ0v) is 21.1. The standard InChI is InChI=1S/C24H24N4O5S2/c1-14(2)33-21-10-7-15(11-16(21)12-25)23-26-27-24(34-23)19-6-4-5-18-17(19)8-9-20(18)28-35(30,31)13-22(29)32-3/h4-7,10-11,14,20,28H,8-9,13H2,1-3H3/t20-/m1/s1. The Labute approximate surface area is 207 Å². The normalized spacial score (nSPS) is 15.0. The first-order valence-electron chi connectivity index (χ1n) is 10.9. The zero-order valence-electron chi connectivity index (χ0n) is 19.4. The van der Waals surface area contributed by atoms with E-state index in [0.717, 1.165) is 29.4 Å². The molecule has 1 aliphatic carbocycles. The molecule has 3 aromatic rings. The number of ether oxygens (including phenoxy) is 2. The van der Waals surface area contributed by atoms with E-state index in [0.29, 0.717) is 34.2 Å². The lowest BCUT2D eigenvalue weighted by atomic mass is 10.0. The molecule has 0 saturated carbocycles. The Kier molecular flexibility index (Phi) is 7.16. The van der Waals surface area contributed by atoms with Gasteiger partial charge in [-0.3, -0.25) is 4.79 Å². The largest absolute Gasteiger partial charge is 0.490 e. The van der Waals surface area contributed by atoms with Crippen LogP contribution in [-0.4, -0.2) is 43.6 Å². The molecule has 0 amide bonds. The number of benzene rings is 2. The smallest absolute Gasteiger partial charge is 0.322 e. The van der Waals surface area contributed by atoms with E-state index in [-0.39, 0.29) is 6.10 Å². The van der Waals surface area contributed by atoms with Gasteiger partial charge in [0.2, 0.25) is 10.0 Å². The molecule has 1 N–H and O–H groups in total. The average Bonchev–Trinajstić information content (AvgIpc) is 3.46. The minimum atomic E-state index is -3.83. The molecule has 1 atom stereocenters. The van der Waals surface area contributed by atoms with Crippen molar-refractivity contribution in [2.24, 2.45) is 0 Å². The van der Waals surface area contributed by atoms with Crippen LogP contribution in [0, 0.1) is 11.3 Å². The molecule has 1 aliphatic rings. The van der Waals surface area contributed by atoms with Crippen LogP contribution in [0.15, 0.2) is 36.4 Å². The van der Waals surface area contributed by atoms with Crippen molar-refractivity contribution < 1.29 is 22.7 Å². The second-order valence-corrected chi connectivity index (χ2v) is 11.1. The molecule has 11 heteroatoms. The SMILES string of the molecule is COC(=O)CS(=O)(=O)N[C@@H]1CCc2c(-c3nnc(-c4ccc(OC(C)C)c(C#N)c4)s3)cccc21. The Bertz CT molecular complexity index is 1410. The second-order valence-electron chi connectivity index (χ2n) is 8.32. The molecule has 0 radical (unpaired) electrons. The van der Waals surface area contributed by atoms with Crippen molar-refractivity contribution in [3.8, 4) is 33.0 Å². The lowest BCUT2D eigenvalue weighted by Crippen LogP contribution is -2.33. The molecular weight excluding hydrogens is 488 g/mol. The van der Waals surface area contributed by atoms with Gasteiger partial charge in [0, 0.05) is 17.2 Å². The van der Waals surface area contributed by atoms with Crippen LogP contribution >= 0.6 is 11.3 Å². The minimum Gasteiger partial charge on any atom is -0.490 e. The van der Waals surface area contributed by atoms with Gasteiger partial charge in [-0.15, -0.1) is 10.2 Å². The van der Waals surface area contributed by atoms with E-state index in [1.807, 2.05) is 38.1 Å². The molecule has 9 nitrogen and oxygen atoms in total. The maximum absolute atomic E-state index is 12.4. The predicted molar refractivity (Wildman–Crippen MR) is 131 cm³/mol. The fourth-order valence-corrected chi connectivity index (χ4v) is 6.09. The van der Waals surface area contributed by atoms with Crippen LogP contribution in [0.4, 0.5) is 0 Å². The third kappa shape index (κ3) is 5.51. The number of carbonyl (C=O) groups is 1. The molecule has 0 spiro atoms. The molecule has 0 bridgehead atoms. The number of rotatable bonds is 8. The van der Waals surface area contributed by atoms with Crippen LogP contribution in [-0.2, 0) is 26.0 Å². The highest BCUT2D eigenvalue weighted by molar-refractivity contribution is 7.90. The molecule has 0 unspecified atom stereocenters. The van der Waals surface area contributed by atoms with Crippen LogP contribution in [0.25, 0.3) is 21.1 Å². The van der Waals surface area contributed by atoms with Crippen molar-refractivity contribution in [1.82, 2.24) is 14.9 Å². The van der Waals surface area contributed by atoms with Gasteiger partial charge < -0.3 is 9.47 Å². The van der Waals surface area contributed by atoms with E-state index < -0.39 is 27.8 Å². The first kappa shape index (κ1) is 24.8. The van der Waals surface area contributed by atoms with E-state index in [9.17, 15) is 18.5 Å².